The molecule has 0 unspecified atom stereocenters. The number of ether oxygens (including phenoxy) is 1. The maximum atomic E-state index is 11.7. The molecule has 0 bridgehead atoms. The summed E-state index contributed by atoms with van der Waals surface area (Å²) in [5.74, 6) is -0.0763. The van der Waals surface area contributed by atoms with Gasteiger partial charge in [0.05, 0.1) is 30.6 Å². The number of aromatic nitrogens is 2. The van der Waals surface area contributed by atoms with Crippen LogP contribution in [0.5, 0.6) is 5.75 Å². The van der Waals surface area contributed by atoms with E-state index in [1.165, 1.54) is 25.7 Å². The van der Waals surface area contributed by atoms with Crippen molar-refractivity contribution in [2.75, 3.05) is 24.6 Å². The number of aryl methyl sites for hydroxylation is 1. The highest BCUT2D eigenvalue weighted by atomic mass is 16.5. The minimum Gasteiger partial charge on any atom is -0.492 e. The highest BCUT2D eigenvalue weighted by Crippen LogP contribution is 2.39. The monoisotopic (exact) mass is 453 g/mol. The number of piperidine rings is 1. The lowest BCUT2D eigenvalue weighted by molar-refractivity contribution is -0.136. The molecule has 0 aliphatic carbocycles. The van der Waals surface area contributed by atoms with Gasteiger partial charge in [0, 0.05) is 36.1 Å². The SMILES string of the molecule is CCCCCCCOc1ccc(-c2cnc(C)c(CC(=O)O)c2N2CCC(C)(C)CC2)nc1. The van der Waals surface area contributed by atoms with Gasteiger partial charge in [-0.1, -0.05) is 46.5 Å². The van der Waals surface area contributed by atoms with E-state index in [1.54, 1.807) is 6.20 Å². The zero-order valence-electron chi connectivity index (χ0n) is 20.7. The van der Waals surface area contributed by atoms with Crippen molar-refractivity contribution in [1.82, 2.24) is 9.97 Å². The van der Waals surface area contributed by atoms with Crippen LogP contribution in [0.15, 0.2) is 24.5 Å². The van der Waals surface area contributed by atoms with E-state index in [1.807, 2.05) is 25.3 Å². The Morgan fingerprint density at radius 2 is 1.82 bits per heavy atom. The molecule has 2 aromatic rings. The van der Waals surface area contributed by atoms with E-state index in [9.17, 15) is 9.90 Å². The van der Waals surface area contributed by atoms with Crippen molar-refractivity contribution in [2.45, 2.75) is 79.1 Å². The summed E-state index contributed by atoms with van der Waals surface area (Å²) in [5, 5.41) is 9.57. The first-order valence-corrected chi connectivity index (χ1v) is 12.3. The fourth-order valence-corrected chi connectivity index (χ4v) is 4.40. The van der Waals surface area contributed by atoms with E-state index >= 15 is 0 Å². The van der Waals surface area contributed by atoms with Crippen LogP contribution in [0.2, 0.25) is 0 Å². The predicted molar refractivity (Wildman–Crippen MR) is 133 cm³/mol. The van der Waals surface area contributed by atoms with Gasteiger partial charge < -0.3 is 14.7 Å². The molecule has 0 spiro atoms. The number of carboxylic acids is 1. The number of anilines is 1. The van der Waals surface area contributed by atoms with Gasteiger partial charge in [-0.15, -0.1) is 0 Å². The number of aliphatic carboxylic acids is 1. The summed E-state index contributed by atoms with van der Waals surface area (Å²) in [6.45, 7) is 11.2. The first-order valence-electron chi connectivity index (χ1n) is 12.3. The van der Waals surface area contributed by atoms with Crippen molar-refractivity contribution in [3.63, 3.8) is 0 Å². The summed E-state index contributed by atoms with van der Waals surface area (Å²) >= 11 is 0. The van der Waals surface area contributed by atoms with Crippen LogP contribution >= 0.6 is 0 Å². The molecule has 33 heavy (non-hydrogen) atoms. The molecular weight excluding hydrogens is 414 g/mol. The molecule has 1 fully saturated rings. The van der Waals surface area contributed by atoms with Crippen molar-refractivity contribution < 1.29 is 14.6 Å². The van der Waals surface area contributed by atoms with E-state index in [0.29, 0.717) is 12.0 Å². The van der Waals surface area contributed by atoms with Crippen LogP contribution in [0.3, 0.4) is 0 Å². The standard InChI is InChI=1S/C27H39N3O3/c1-5-6-7-8-9-16-33-21-10-11-24(29-18-21)23-19-28-20(2)22(17-25(31)32)26(23)30-14-12-27(3,4)13-15-30/h10-11,18-19H,5-9,12-17H2,1-4H3,(H,31,32). The molecule has 0 aromatic carbocycles. The van der Waals surface area contributed by atoms with Gasteiger partial charge in [0.2, 0.25) is 0 Å². The third-order valence-corrected chi connectivity index (χ3v) is 6.66. The molecule has 180 valence electrons. The van der Waals surface area contributed by atoms with Crippen LogP contribution in [0.1, 0.15) is 77.0 Å². The van der Waals surface area contributed by atoms with Crippen molar-refractivity contribution in [1.29, 1.82) is 0 Å². The van der Waals surface area contributed by atoms with Gasteiger partial charge in [-0.25, -0.2) is 0 Å². The number of hydrogen-bond donors (Lipinski definition) is 1. The van der Waals surface area contributed by atoms with Gasteiger partial charge in [0.25, 0.3) is 0 Å². The van der Waals surface area contributed by atoms with Crippen LogP contribution in [0, 0.1) is 12.3 Å². The molecule has 2 aromatic heterocycles. The Kier molecular flexibility index (Phi) is 8.70. The lowest BCUT2D eigenvalue weighted by Gasteiger charge is -2.40. The maximum absolute atomic E-state index is 11.7. The molecule has 0 amide bonds. The molecule has 0 saturated carbocycles. The fraction of sp³-hybridized carbons (Fsp3) is 0.593. The highest BCUT2D eigenvalue weighted by molar-refractivity contribution is 5.83. The zero-order valence-corrected chi connectivity index (χ0v) is 20.7. The van der Waals surface area contributed by atoms with E-state index in [-0.39, 0.29) is 6.42 Å². The molecule has 6 heteroatoms. The summed E-state index contributed by atoms with van der Waals surface area (Å²) in [4.78, 5) is 23.2. The number of carboxylic acid groups (broad SMARTS) is 1. The van der Waals surface area contributed by atoms with E-state index in [2.05, 4.69) is 35.6 Å². The molecule has 1 aliphatic heterocycles. The number of carbonyl (C=O) groups is 1. The first-order chi connectivity index (χ1) is 15.8. The summed E-state index contributed by atoms with van der Waals surface area (Å²) < 4.78 is 5.88. The van der Waals surface area contributed by atoms with Crippen LogP contribution in [-0.2, 0) is 11.2 Å². The topological polar surface area (TPSA) is 75.6 Å². The Bertz CT molecular complexity index is 915. The first kappa shape index (κ1) is 25.0. The van der Waals surface area contributed by atoms with Crippen LogP contribution in [0.25, 0.3) is 11.3 Å². The van der Waals surface area contributed by atoms with Gasteiger partial charge in [-0.05, 0) is 43.7 Å². The average Bonchev–Trinajstić information content (AvgIpc) is 2.78. The van der Waals surface area contributed by atoms with Gasteiger partial charge in [0.1, 0.15) is 5.75 Å². The number of unbranched alkanes of at least 4 members (excludes halogenated alkanes) is 4. The molecular formula is C27H39N3O3. The van der Waals surface area contributed by atoms with Gasteiger partial charge in [-0.3, -0.25) is 14.8 Å². The molecule has 1 N–H and O–H groups in total. The Morgan fingerprint density at radius 3 is 2.45 bits per heavy atom. The highest BCUT2D eigenvalue weighted by Gasteiger charge is 2.29. The minimum absolute atomic E-state index is 0.0406. The summed E-state index contributed by atoms with van der Waals surface area (Å²) in [6.07, 6.45) is 11.7. The second-order valence-corrected chi connectivity index (χ2v) is 9.95. The van der Waals surface area contributed by atoms with Gasteiger partial charge in [0.15, 0.2) is 0 Å². The van der Waals surface area contributed by atoms with Crippen molar-refractivity contribution in [2.24, 2.45) is 5.41 Å². The largest absolute Gasteiger partial charge is 0.492 e. The molecule has 1 saturated heterocycles. The fourth-order valence-electron chi connectivity index (χ4n) is 4.40. The second kappa shape index (κ2) is 11.5. The molecule has 6 nitrogen and oxygen atoms in total. The van der Waals surface area contributed by atoms with E-state index < -0.39 is 5.97 Å². The summed E-state index contributed by atoms with van der Waals surface area (Å²) in [5.41, 5.74) is 4.52. The van der Waals surface area contributed by atoms with Gasteiger partial charge >= 0.3 is 5.97 Å². The maximum Gasteiger partial charge on any atom is 0.307 e. The molecule has 3 heterocycles. The summed E-state index contributed by atoms with van der Waals surface area (Å²) in [7, 11) is 0. The Hall–Kier alpha value is -2.63. The number of nitrogens with zero attached hydrogens (tertiary/aromatic N) is 3. The van der Waals surface area contributed by atoms with Gasteiger partial charge in [-0.2, -0.15) is 0 Å². The second-order valence-electron chi connectivity index (χ2n) is 9.95. The molecule has 3 rings (SSSR count). The third kappa shape index (κ3) is 6.92. The number of rotatable bonds is 11. The third-order valence-electron chi connectivity index (χ3n) is 6.66. The zero-order chi connectivity index (χ0) is 23.8. The van der Waals surface area contributed by atoms with Crippen LogP contribution in [-0.4, -0.2) is 40.7 Å². The quantitative estimate of drug-likeness (QED) is 0.417. The smallest absolute Gasteiger partial charge is 0.307 e. The predicted octanol–water partition coefficient (Wildman–Crippen LogP) is 6.05. The van der Waals surface area contributed by atoms with E-state index in [0.717, 1.165) is 66.3 Å². The molecule has 1 aliphatic rings. The van der Waals surface area contributed by atoms with Crippen LogP contribution < -0.4 is 9.64 Å². The Balaban J connectivity index is 1.82. The summed E-state index contributed by atoms with van der Waals surface area (Å²) in [6, 6.07) is 3.91. The number of hydrogen-bond acceptors (Lipinski definition) is 5. The molecule has 0 radical (unpaired) electrons. The normalized spacial score (nSPS) is 15.5. The minimum atomic E-state index is -0.841. The average molecular weight is 454 g/mol. The number of pyridine rings is 2. The van der Waals surface area contributed by atoms with Crippen molar-refractivity contribution in [3.8, 4) is 17.0 Å². The van der Waals surface area contributed by atoms with E-state index in [4.69, 9.17) is 4.74 Å². The lowest BCUT2D eigenvalue weighted by atomic mass is 9.82. The molecule has 0 atom stereocenters. The Labute approximate surface area is 198 Å². The van der Waals surface area contributed by atoms with Crippen molar-refractivity contribution >= 4 is 11.7 Å². The Morgan fingerprint density at radius 1 is 1.09 bits per heavy atom. The van der Waals surface area contributed by atoms with Crippen molar-refractivity contribution in [3.05, 3.63) is 35.8 Å². The van der Waals surface area contributed by atoms with Crippen LogP contribution in [0.4, 0.5) is 5.69 Å². The lowest BCUT2D eigenvalue weighted by Crippen LogP contribution is -2.38.